The summed E-state index contributed by atoms with van der Waals surface area (Å²) in [4.78, 5) is 0. The number of nitrogens with zero attached hydrogens (tertiary/aromatic N) is 6. The van der Waals surface area contributed by atoms with Crippen molar-refractivity contribution in [3.63, 3.8) is 0 Å². The highest BCUT2D eigenvalue weighted by Crippen LogP contribution is 2.25. The molecular formula is C35H58N10O6. The van der Waals surface area contributed by atoms with Gasteiger partial charge in [-0.05, 0) is 100.0 Å². The molecule has 0 radical (unpaired) electrons. The topological polar surface area (TPSA) is 265 Å². The fourth-order valence-electron chi connectivity index (χ4n) is 7.42. The third-order valence-electron chi connectivity index (χ3n) is 10.6. The lowest BCUT2D eigenvalue weighted by Crippen LogP contribution is -2.62. The number of benzene rings is 1. The van der Waals surface area contributed by atoms with Gasteiger partial charge in [0.25, 0.3) is 0 Å². The van der Waals surface area contributed by atoms with E-state index in [9.17, 15) is 20.4 Å². The third kappa shape index (κ3) is 9.75. The van der Waals surface area contributed by atoms with Crippen molar-refractivity contribution in [2.45, 2.75) is 146 Å². The van der Waals surface area contributed by atoms with E-state index in [4.69, 9.17) is 32.4 Å². The summed E-state index contributed by atoms with van der Waals surface area (Å²) in [6.07, 6.45) is 3.94. The Morgan fingerprint density at radius 3 is 1.45 bits per heavy atom. The van der Waals surface area contributed by atoms with Crippen LogP contribution in [0.15, 0.2) is 18.5 Å². The molecule has 284 valence electrons. The van der Waals surface area contributed by atoms with E-state index < -0.39 is 60.8 Å². The number of hydrogen-bond donors (Lipinski definition) is 8. The van der Waals surface area contributed by atoms with E-state index in [1.54, 1.807) is 0 Å². The highest BCUT2D eigenvalue weighted by atomic mass is 16.5. The summed E-state index contributed by atoms with van der Waals surface area (Å²) < 4.78 is 15.4. The van der Waals surface area contributed by atoms with Crippen LogP contribution < -0.4 is 22.9 Å². The summed E-state index contributed by atoms with van der Waals surface area (Å²) in [5.41, 5.74) is 31.6. The van der Waals surface area contributed by atoms with Gasteiger partial charge in [0.1, 0.15) is 24.4 Å². The lowest BCUT2D eigenvalue weighted by Gasteiger charge is -2.39. The zero-order chi connectivity index (χ0) is 36.8. The molecule has 1 aromatic carbocycles. The molecule has 0 spiro atoms. The molecule has 0 saturated heterocycles. The normalized spacial score (nSPS) is 29.9. The van der Waals surface area contributed by atoms with Gasteiger partial charge in [0.15, 0.2) is 0 Å². The minimum atomic E-state index is -1.09. The average Bonchev–Trinajstić information content (AvgIpc) is 3.74. The number of hydrogen-bond acceptors (Lipinski definition) is 14. The quantitative estimate of drug-likeness (QED) is 0.0817. The number of rotatable bonds is 16. The lowest BCUT2D eigenvalue weighted by atomic mass is 9.85. The van der Waals surface area contributed by atoms with E-state index in [1.165, 1.54) is 27.8 Å². The van der Waals surface area contributed by atoms with Crippen LogP contribution in [-0.4, -0.2) is 124 Å². The number of aromatic nitrogens is 6. The van der Waals surface area contributed by atoms with E-state index in [1.807, 2.05) is 21.8 Å². The van der Waals surface area contributed by atoms with Crippen LogP contribution >= 0.6 is 0 Å². The highest BCUT2D eigenvalue weighted by Gasteiger charge is 2.42. The van der Waals surface area contributed by atoms with Crippen LogP contribution in [0.4, 0.5) is 0 Å². The maximum atomic E-state index is 10.3. The molecule has 16 nitrogen and oxygen atoms in total. The number of aryl methyl sites for hydroxylation is 4. The highest BCUT2D eigenvalue weighted by molar-refractivity contribution is 5.45. The molecule has 2 fully saturated rings. The first-order chi connectivity index (χ1) is 24.3. The zero-order valence-electron chi connectivity index (χ0n) is 30.1. The summed E-state index contributed by atoms with van der Waals surface area (Å²) in [7, 11) is 0. The molecule has 2 aliphatic carbocycles. The number of aliphatic hydroxyl groups is 4. The van der Waals surface area contributed by atoms with E-state index in [0.717, 1.165) is 49.9 Å². The standard InChI is InChI=1S/C35H58N10O6/c1-19-12-20(2)25(18-45-16-23(41-43-45)9-5-7-11-51-35-29(39)14-27(37)31(47)33(35)49)21(3)24(19)17-44-15-22(40-42-44)8-4-6-10-50-34-28(38)13-26(36)30(46)32(34)48/h12,15-16,26-35,46-49H,4-11,13-14,17-18,36-39H2,1-3H3/t26-,27-,28+,29+,30+,31+,32-,33-,34-,35-/m1/s1. The molecule has 2 aliphatic rings. The number of ether oxygens (including phenoxy) is 2. The predicted octanol–water partition coefficient (Wildman–Crippen LogP) is -1.13. The number of unbranched alkanes of at least 4 members (excludes halogenated alkanes) is 2. The minimum Gasteiger partial charge on any atom is -0.389 e. The first kappa shape index (κ1) is 39.3. The SMILES string of the molecule is Cc1cc(C)c(Cn2cc(CCCCO[C@H]3[C@H](O)[C@@H](O)[C@H](N)C[C@@H]3N)nn2)c(C)c1Cn1cc(CCCCO[C@H]2[C@H](O)[C@@H](O)[C@H](N)C[C@@H]2N)nn1. The molecule has 0 unspecified atom stereocenters. The van der Waals surface area contributed by atoms with Crippen molar-refractivity contribution in [2.24, 2.45) is 22.9 Å². The summed E-state index contributed by atoms with van der Waals surface area (Å²) in [5, 5.41) is 58.3. The van der Waals surface area contributed by atoms with Crippen LogP contribution in [0.3, 0.4) is 0 Å². The number of aliphatic hydroxyl groups excluding tert-OH is 4. The van der Waals surface area contributed by atoms with E-state index in [-0.39, 0.29) is 0 Å². The Morgan fingerprint density at radius 2 is 1.04 bits per heavy atom. The van der Waals surface area contributed by atoms with E-state index in [0.29, 0.717) is 39.1 Å². The van der Waals surface area contributed by atoms with Crippen molar-refractivity contribution in [1.29, 1.82) is 0 Å². The van der Waals surface area contributed by atoms with Gasteiger partial charge in [-0.2, -0.15) is 0 Å². The van der Waals surface area contributed by atoms with E-state index >= 15 is 0 Å². The van der Waals surface area contributed by atoms with Crippen molar-refractivity contribution in [1.82, 2.24) is 30.0 Å². The Labute approximate surface area is 299 Å². The molecule has 3 aromatic rings. The fraction of sp³-hybridized carbons (Fsp3) is 0.714. The van der Waals surface area contributed by atoms with Gasteiger partial charge < -0.3 is 52.8 Å². The molecule has 2 aromatic heterocycles. The fourth-order valence-corrected chi connectivity index (χ4v) is 7.42. The molecule has 12 N–H and O–H groups in total. The van der Waals surface area contributed by atoms with Gasteiger partial charge in [-0.15, -0.1) is 10.2 Å². The van der Waals surface area contributed by atoms with Crippen LogP contribution in [-0.2, 0) is 35.4 Å². The molecule has 0 bridgehead atoms. The monoisotopic (exact) mass is 714 g/mol. The van der Waals surface area contributed by atoms with Gasteiger partial charge in [0.05, 0.1) is 36.7 Å². The summed E-state index contributed by atoms with van der Waals surface area (Å²) in [6, 6.07) is 0.293. The van der Waals surface area contributed by atoms with Crippen LogP contribution in [0, 0.1) is 20.8 Å². The zero-order valence-corrected chi connectivity index (χ0v) is 30.1. The average molecular weight is 715 g/mol. The smallest absolute Gasteiger partial charge is 0.109 e. The Hall–Kier alpha value is -2.90. The van der Waals surface area contributed by atoms with Crippen molar-refractivity contribution < 1.29 is 29.9 Å². The molecular weight excluding hydrogens is 656 g/mol. The molecule has 51 heavy (non-hydrogen) atoms. The molecule has 2 heterocycles. The van der Waals surface area contributed by atoms with Crippen LogP contribution in [0.5, 0.6) is 0 Å². The lowest BCUT2D eigenvalue weighted by molar-refractivity contribution is -0.127. The molecule has 0 aliphatic heterocycles. The first-order valence-electron chi connectivity index (χ1n) is 18.2. The van der Waals surface area contributed by atoms with Crippen molar-refractivity contribution >= 4 is 0 Å². The summed E-state index contributed by atoms with van der Waals surface area (Å²) in [6.45, 7) is 8.42. The second-order valence-corrected chi connectivity index (χ2v) is 14.6. The third-order valence-corrected chi connectivity index (χ3v) is 10.6. The van der Waals surface area contributed by atoms with Crippen LogP contribution in [0.2, 0.25) is 0 Å². The van der Waals surface area contributed by atoms with Crippen LogP contribution in [0.1, 0.15) is 77.7 Å². The summed E-state index contributed by atoms with van der Waals surface area (Å²) in [5.74, 6) is 0. The Balaban J connectivity index is 1.07. The van der Waals surface area contributed by atoms with Crippen molar-refractivity contribution in [2.75, 3.05) is 13.2 Å². The van der Waals surface area contributed by atoms with Gasteiger partial charge in [-0.3, -0.25) is 0 Å². The second kappa shape index (κ2) is 17.7. The second-order valence-electron chi connectivity index (χ2n) is 14.6. The Bertz CT molecular complexity index is 1440. The molecule has 2 saturated carbocycles. The van der Waals surface area contributed by atoms with Crippen molar-refractivity contribution in [3.8, 4) is 0 Å². The predicted molar refractivity (Wildman–Crippen MR) is 189 cm³/mol. The number of nitrogens with two attached hydrogens (primary N) is 4. The minimum absolute atomic E-state index is 0.405. The molecule has 5 rings (SSSR count). The van der Waals surface area contributed by atoms with Crippen molar-refractivity contribution in [3.05, 3.63) is 57.7 Å². The van der Waals surface area contributed by atoms with E-state index in [2.05, 4.69) is 47.5 Å². The molecule has 16 heteroatoms. The molecule has 10 atom stereocenters. The van der Waals surface area contributed by atoms with Gasteiger partial charge >= 0.3 is 0 Å². The van der Waals surface area contributed by atoms with Crippen LogP contribution in [0.25, 0.3) is 0 Å². The Morgan fingerprint density at radius 1 is 0.627 bits per heavy atom. The largest absolute Gasteiger partial charge is 0.389 e. The Kier molecular flexibility index (Phi) is 13.7. The summed E-state index contributed by atoms with van der Waals surface area (Å²) >= 11 is 0. The first-order valence-corrected chi connectivity index (χ1v) is 18.2. The van der Waals surface area contributed by atoms with Gasteiger partial charge in [0, 0.05) is 49.8 Å². The van der Waals surface area contributed by atoms with Gasteiger partial charge in [0.2, 0.25) is 0 Å². The molecule has 0 amide bonds. The maximum Gasteiger partial charge on any atom is 0.109 e. The van der Waals surface area contributed by atoms with Gasteiger partial charge in [-0.1, -0.05) is 16.5 Å². The maximum absolute atomic E-state index is 10.3. The van der Waals surface area contributed by atoms with Gasteiger partial charge in [-0.25, -0.2) is 9.36 Å².